The number of carbonyl (C=O) groups excluding carboxylic acids is 1. The van der Waals surface area contributed by atoms with E-state index < -0.39 is 10.8 Å². The van der Waals surface area contributed by atoms with E-state index in [4.69, 9.17) is 5.73 Å². The zero-order valence-electron chi connectivity index (χ0n) is 10.0. The molecule has 1 rings (SSSR count). The maximum absolute atomic E-state index is 11.8. The van der Waals surface area contributed by atoms with Crippen LogP contribution in [0.5, 0.6) is 0 Å². The average Bonchev–Trinajstić information content (AvgIpc) is 2.27. The van der Waals surface area contributed by atoms with Crippen LogP contribution in [-0.2, 0) is 10.8 Å². The van der Waals surface area contributed by atoms with Gasteiger partial charge in [-0.1, -0.05) is 0 Å². The van der Waals surface area contributed by atoms with Gasteiger partial charge in [-0.2, -0.15) is 0 Å². The highest BCUT2D eigenvalue weighted by Crippen LogP contribution is 2.09. The van der Waals surface area contributed by atoms with E-state index in [1.165, 1.54) is 6.20 Å². The summed E-state index contributed by atoms with van der Waals surface area (Å²) in [5, 5.41) is 2.75. The number of pyridine rings is 1. The Kier molecular flexibility index (Phi) is 5.09. The highest BCUT2D eigenvalue weighted by Gasteiger charge is 2.09. The van der Waals surface area contributed by atoms with Gasteiger partial charge in [0, 0.05) is 29.4 Å². The van der Waals surface area contributed by atoms with Crippen LogP contribution in [0.3, 0.4) is 0 Å². The van der Waals surface area contributed by atoms with Gasteiger partial charge in [0.2, 0.25) is 0 Å². The highest BCUT2D eigenvalue weighted by molar-refractivity contribution is 7.84. The van der Waals surface area contributed by atoms with E-state index in [0.29, 0.717) is 35.7 Å². The zero-order chi connectivity index (χ0) is 12.8. The second-order valence-corrected chi connectivity index (χ2v) is 5.34. The van der Waals surface area contributed by atoms with Crippen molar-refractivity contribution in [3.8, 4) is 0 Å². The van der Waals surface area contributed by atoms with Crippen LogP contribution < -0.4 is 11.1 Å². The molecule has 0 aliphatic carbocycles. The fraction of sp³-hybridized carbons (Fsp3) is 0.455. The Labute approximate surface area is 103 Å². The van der Waals surface area contributed by atoms with Crippen molar-refractivity contribution in [3.05, 3.63) is 23.5 Å². The van der Waals surface area contributed by atoms with Crippen molar-refractivity contribution in [2.24, 2.45) is 0 Å². The topological polar surface area (TPSA) is 85.1 Å². The number of nitrogen functional groups attached to an aromatic ring is 1. The van der Waals surface area contributed by atoms with Crippen molar-refractivity contribution in [1.82, 2.24) is 10.3 Å². The molecule has 0 spiro atoms. The third kappa shape index (κ3) is 4.52. The number of anilines is 1. The van der Waals surface area contributed by atoms with Gasteiger partial charge in [0.1, 0.15) is 0 Å². The van der Waals surface area contributed by atoms with Crippen molar-refractivity contribution in [2.45, 2.75) is 13.3 Å². The van der Waals surface area contributed by atoms with Gasteiger partial charge in [0.15, 0.2) is 0 Å². The molecule has 1 aromatic heterocycles. The van der Waals surface area contributed by atoms with Crippen LogP contribution >= 0.6 is 0 Å². The SMILES string of the molecule is Cc1ncc(N)cc1C(=O)NCCCS(C)=O. The molecule has 3 N–H and O–H groups in total. The molecule has 94 valence electrons. The van der Waals surface area contributed by atoms with Crippen LogP contribution in [0.2, 0.25) is 0 Å². The fourth-order valence-corrected chi connectivity index (χ4v) is 1.90. The van der Waals surface area contributed by atoms with Crippen LogP contribution in [0, 0.1) is 6.92 Å². The second kappa shape index (κ2) is 6.34. The monoisotopic (exact) mass is 255 g/mol. The minimum atomic E-state index is -0.816. The number of nitrogens with one attached hydrogen (secondary N) is 1. The number of hydrogen-bond donors (Lipinski definition) is 2. The Morgan fingerprint density at radius 2 is 2.29 bits per heavy atom. The Bertz CT molecular complexity index is 435. The molecule has 1 aromatic rings. The summed E-state index contributed by atoms with van der Waals surface area (Å²) in [4.78, 5) is 15.8. The third-order valence-corrected chi connectivity index (χ3v) is 3.11. The first-order chi connectivity index (χ1) is 8.00. The lowest BCUT2D eigenvalue weighted by atomic mass is 10.2. The van der Waals surface area contributed by atoms with Crippen LogP contribution in [0.25, 0.3) is 0 Å². The molecule has 1 amide bonds. The first-order valence-corrected chi connectivity index (χ1v) is 7.03. The maximum Gasteiger partial charge on any atom is 0.253 e. The highest BCUT2D eigenvalue weighted by atomic mass is 32.2. The lowest BCUT2D eigenvalue weighted by molar-refractivity contribution is 0.0952. The predicted octanol–water partition coefficient (Wildman–Crippen LogP) is 0.471. The number of carbonyl (C=O) groups is 1. The van der Waals surface area contributed by atoms with Gasteiger partial charge in [0.05, 0.1) is 23.1 Å². The van der Waals surface area contributed by atoms with Gasteiger partial charge < -0.3 is 11.1 Å². The van der Waals surface area contributed by atoms with Crippen molar-refractivity contribution < 1.29 is 9.00 Å². The van der Waals surface area contributed by atoms with Gasteiger partial charge in [0.25, 0.3) is 5.91 Å². The quantitative estimate of drug-likeness (QED) is 0.749. The van der Waals surface area contributed by atoms with Crippen LogP contribution in [0.4, 0.5) is 5.69 Å². The smallest absolute Gasteiger partial charge is 0.253 e. The molecule has 0 bridgehead atoms. The molecular weight excluding hydrogens is 238 g/mol. The third-order valence-electron chi connectivity index (χ3n) is 2.25. The summed E-state index contributed by atoms with van der Waals surface area (Å²) in [5.74, 6) is 0.401. The number of hydrogen-bond acceptors (Lipinski definition) is 4. The Balaban J connectivity index is 2.52. The molecule has 17 heavy (non-hydrogen) atoms. The van der Waals surface area contributed by atoms with Gasteiger partial charge in [-0.3, -0.25) is 14.0 Å². The van der Waals surface area contributed by atoms with E-state index >= 15 is 0 Å². The normalized spacial score (nSPS) is 12.1. The minimum Gasteiger partial charge on any atom is -0.397 e. The fourth-order valence-electron chi connectivity index (χ4n) is 1.35. The molecule has 5 nitrogen and oxygen atoms in total. The van der Waals surface area contributed by atoms with Crippen molar-refractivity contribution in [3.63, 3.8) is 0 Å². The standard InChI is InChI=1S/C11H17N3O2S/c1-8-10(6-9(12)7-14-8)11(15)13-4-3-5-17(2)16/h6-7H,3-5,12H2,1-2H3,(H,13,15). The number of aromatic nitrogens is 1. The van der Waals surface area contributed by atoms with Gasteiger partial charge in [-0.25, -0.2) is 0 Å². The van der Waals surface area contributed by atoms with E-state index in [1.54, 1.807) is 19.2 Å². The zero-order valence-corrected chi connectivity index (χ0v) is 10.8. The number of rotatable bonds is 5. The second-order valence-electron chi connectivity index (χ2n) is 3.79. The van der Waals surface area contributed by atoms with Crippen LogP contribution in [0.15, 0.2) is 12.3 Å². The van der Waals surface area contributed by atoms with E-state index in [-0.39, 0.29) is 5.91 Å². The molecular formula is C11H17N3O2S. The number of amides is 1. The molecule has 6 heteroatoms. The van der Waals surface area contributed by atoms with Crippen molar-refractivity contribution in [2.75, 3.05) is 24.3 Å². The molecule has 0 aromatic carbocycles. The Morgan fingerprint density at radius 1 is 1.59 bits per heavy atom. The summed E-state index contributed by atoms with van der Waals surface area (Å²) in [5.41, 5.74) is 7.18. The largest absolute Gasteiger partial charge is 0.397 e. The number of aryl methyl sites for hydroxylation is 1. The molecule has 1 unspecified atom stereocenters. The summed E-state index contributed by atoms with van der Waals surface area (Å²) in [6, 6.07) is 1.61. The molecule has 1 heterocycles. The first kappa shape index (κ1) is 13.6. The van der Waals surface area contributed by atoms with Crippen molar-refractivity contribution in [1.29, 1.82) is 0 Å². The van der Waals surface area contributed by atoms with Crippen LogP contribution in [0.1, 0.15) is 22.5 Å². The van der Waals surface area contributed by atoms with E-state index in [2.05, 4.69) is 10.3 Å². The summed E-state index contributed by atoms with van der Waals surface area (Å²) in [6.07, 6.45) is 3.86. The summed E-state index contributed by atoms with van der Waals surface area (Å²) in [6.45, 7) is 2.27. The molecule has 1 atom stereocenters. The lowest BCUT2D eigenvalue weighted by Crippen LogP contribution is -2.26. The first-order valence-electron chi connectivity index (χ1n) is 5.31. The maximum atomic E-state index is 11.8. The van der Waals surface area contributed by atoms with E-state index in [0.717, 1.165) is 0 Å². The molecule has 0 radical (unpaired) electrons. The summed E-state index contributed by atoms with van der Waals surface area (Å²) in [7, 11) is -0.816. The Morgan fingerprint density at radius 3 is 2.94 bits per heavy atom. The van der Waals surface area contributed by atoms with E-state index in [9.17, 15) is 9.00 Å². The van der Waals surface area contributed by atoms with Gasteiger partial charge in [-0.05, 0) is 19.4 Å². The van der Waals surface area contributed by atoms with E-state index in [1.807, 2.05) is 0 Å². The molecule has 0 saturated heterocycles. The van der Waals surface area contributed by atoms with Crippen molar-refractivity contribution >= 4 is 22.4 Å². The Hall–Kier alpha value is -1.43. The van der Waals surface area contributed by atoms with Crippen LogP contribution in [-0.4, -0.2) is 33.7 Å². The molecule has 0 aliphatic rings. The predicted molar refractivity (Wildman–Crippen MR) is 69.3 cm³/mol. The van der Waals surface area contributed by atoms with Gasteiger partial charge >= 0.3 is 0 Å². The lowest BCUT2D eigenvalue weighted by Gasteiger charge is -2.07. The molecule has 0 saturated carbocycles. The molecule has 0 fully saturated rings. The number of nitrogens with zero attached hydrogens (tertiary/aromatic N) is 1. The van der Waals surface area contributed by atoms with Gasteiger partial charge in [-0.15, -0.1) is 0 Å². The summed E-state index contributed by atoms with van der Waals surface area (Å²) < 4.78 is 10.8. The molecule has 0 aliphatic heterocycles. The summed E-state index contributed by atoms with van der Waals surface area (Å²) >= 11 is 0. The minimum absolute atomic E-state index is 0.191. The average molecular weight is 255 g/mol. The number of nitrogens with two attached hydrogens (primary N) is 1.